The molecule has 2 aromatic rings. The molecule has 0 fully saturated rings. The lowest BCUT2D eigenvalue weighted by atomic mass is 10.1. The van der Waals surface area contributed by atoms with Crippen LogP contribution < -0.4 is 10.1 Å². The first-order valence-corrected chi connectivity index (χ1v) is 9.38. The third kappa shape index (κ3) is 5.47. The molecule has 0 bridgehead atoms. The minimum Gasteiger partial charge on any atom is -0.482 e. The van der Waals surface area contributed by atoms with Crippen molar-refractivity contribution in [3.8, 4) is 5.75 Å². The maximum atomic E-state index is 12.4. The van der Waals surface area contributed by atoms with Crippen molar-refractivity contribution >= 4 is 45.0 Å². The summed E-state index contributed by atoms with van der Waals surface area (Å²) in [6.45, 7) is 4.93. The van der Waals surface area contributed by atoms with E-state index >= 15 is 0 Å². The highest BCUT2D eigenvalue weighted by molar-refractivity contribution is 9.10. The molecule has 0 aliphatic heterocycles. The highest BCUT2D eigenvalue weighted by Crippen LogP contribution is 2.27. The second-order valence-electron chi connectivity index (χ2n) is 5.47. The zero-order valence-electron chi connectivity index (χ0n) is 14.6. The molecule has 0 radical (unpaired) electrons. The van der Waals surface area contributed by atoms with Crippen molar-refractivity contribution in [3.05, 3.63) is 57.5 Å². The van der Waals surface area contributed by atoms with E-state index in [-0.39, 0.29) is 18.4 Å². The number of halogens is 2. The summed E-state index contributed by atoms with van der Waals surface area (Å²) in [7, 11) is 0. The first-order valence-electron chi connectivity index (χ1n) is 8.21. The van der Waals surface area contributed by atoms with Crippen molar-refractivity contribution in [2.75, 3.05) is 25.0 Å². The predicted molar refractivity (Wildman–Crippen MR) is 107 cm³/mol. The zero-order valence-corrected chi connectivity index (χ0v) is 16.9. The van der Waals surface area contributed by atoms with Crippen molar-refractivity contribution in [2.45, 2.75) is 13.8 Å². The molecule has 2 amide bonds. The Kier molecular flexibility index (Phi) is 7.48. The van der Waals surface area contributed by atoms with Crippen molar-refractivity contribution in [1.29, 1.82) is 0 Å². The zero-order chi connectivity index (χ0) is 19.1. The summed E-state index contributed by atoms with van der Waals surface area (Å²) in [5, 5.41) is 3.15. The molecule has 0 heterocycles. The van der Waals surface area contributed by atoms with Crippen LogP contribution in [0.3, 0.4) is 0 Å². The monoisotopic (exact) mass is 438 g/mol. The second kappa shape index (κ2) is 9.59. The van der Waals surface area contributed by atoms with Gasteiger partial charge in [-0.05, 0) is 50.2 Å². The normalized spacial score (nSPS) is 10.3. The molecule has 0 spiro atoms. The van der Waals surface area contributed by atoms with Crippen LogP contribution >= 0.6 is 27.5 Å². The van der Waals surface area contributed by atoms with E-state index in [9.17, 15) is 9.59 Å². The molecule has 1 N–H and O–H groups in total. The Labute approximate surface area is 166 Å². The van der Waals surface area contributed by atoms with E-state index in [1.807, 2.05) is 13.8 Å². The standard InChI is InChI=1S/C19H20BrClN2O3/c1-3-23(4-2)19(25)13-6-5-7-15(10-13)22-18(24)12-26-17-11-14(20)8-9-16(17)21/h5-11H,3-4,12H2,1-2H3,(H,22,24). The van der Waals surface area contributed by atoms with E-state index < -0.39 is 0 Å². The molecule has 7 heteroatoms. The van der Waals surface area contributed by atoms with Crippen LogP contribution in [0.4, 0.5) is 5.69 Å². The number of hydrogen-bond acceptors (Lipinski definition) is 3. The van der Waals surface area contributed by atoms with Gasteiger partial charge in [0.05, 0.1) is 5.02 Å². The number of benzene rings is 2. The van der Waals surface area contributed by atoms with Crippen molar-refractivity contribution in [3.63, 3.8) is 0 Å². The van der Waals surface area contributed by atoms with Gasteiger partial charge >= 0.3 is 0 Å². The second-order valence-corrected chi connectivity index (χ2v) is 6.79. The number of nitrogens with one attached hydrogen (secondary N) is 1. The highest BCUT2D eigenvalue weighted by Gasteiger charge is 2.13. The lowest BCUT2D eigenvalue weighted by Crippen LogP contribution is -2.30. The van der Waals surface area contributed by atoms with Gasteiger partial charge in [-0.1, -0.05) is 33.6 Å². The minimum absolute atomic E-state index is 0.0664. The van der Waals surface area contributed by atoms with Gasteiger partial charge in [0, 0.05) is 28.8 Å². The summed E-state index contributed by atoms with van der Waals surface area (Å²) in [5.41, 5.74) is 1.07. The SMILES string of the molecule is CCN(CC)C(=O)c1cccc(NC(=O)COc2cc(Br)ccc2Cl)c1. The molecule has 0 saturated heterocycles. The van der Waals surface area contributed by atoms with Crippen molar-refractivity contribution in [1.82, 2.24) is 4.90 Å². The molecule has 138 valence electrons. The Balaban J connectivity index is 2.00. The van der Waals surface area contributed by atoms with Crippen molar-refractivity contribution in [2.24, 2.45) is 0 Å². The highest BCUT2D eigenvalue weighted by atomic mass is 79.9. The lowest BCUT2D eigenvalue weighted by molar-refractivity contribution is -0.118. The quantitative estimate of drug-likeness (QED) is 0.686. The Hall–Kier alpha value is -2.05. The molecule has 0 atom stereocenters. The van der Waals surface area contributed by atoms with Gasteiger partial charge in [0.15, 0.2) is 6.61 Å². The van der Waals surface area contributed by atoms with Crippen LogP contribution in [0, 0.1) is 0 Å². The van der Waals surface area contributed by atoms with Crippen LogP contribution in [0.15, 0.2) is 46.9 Å². The summed E-state index contributed by atoms with van der Waals surface area (Å²) in [4.78, 5) is 26.2. The number of rotatable bonds is 7. The third-order valence-corrected chi connectivity index (χ3v) is 4.50. The molecule has 26 heavy (non-hydrogen) atoms. The average molecular weight is 440 g/mol. The Bertz CT molecular complexity index is 794. The Morgan fingerprint density at radius 3 is 2.58 bits per heavy atom. The third-order valence-electron chi connectivity index (χ3n) is 3.70. The van der Waals surface area contributed by atoms with Crippen LogP contribution in [0.1, 0.15) is 24.2 Å². The molecule has 2 rings (SSSR count). The van der Waals surface area contributed by atoms with Gasteiger partial charge in [-0.3, -0.25) is 9.59 Å². The first kappa shape index (κ1) is 20.3. The number of ether oxygens (including phenoxy) is 1. The van der Waals surface area contributed by atoms with E-state index in [4.69, 9.17) is 16.3 Å². The molecule has 0 aliphatic rings. The molecule has 0 saturated carbocycles. The number of nitrogens with zero attached hydrogens (tertiary/aromatic N) is 1. The topological polar surface area (TPSA) is 58.6 Å². The van der Waals surface area contributed by atoms with E-state index in [2.05, 4.69) is 21.2 Å². The number of carbonyl (C=O) groups excluding carboxylic acids is 2. The first-order chi connectivity index (χ1) is 12.4. The molecule has 0 unspecified atom stereocenters. The van der Waals surface area contributed by atoms with E-state index in [1.54, 1.807) is 47.4 Å². The smallest absolute Gasteiger partial charge is 0.262 e. The fraction of sp³-hybridized carbons (Fsp3) is 0.263. The Morgan fingerprint density at radius 1 is 1.15 bits per heavy atom. The maximum Gasteiger partial charge on any atom is 0.262 e. The van der Waals surface area contributed by atoms with Gasteiger partial charge in [0.25, 0.3) is 11.8 Å². The predicted octanol–water partition coefficient (Wildman–Crippen LogP) is 4.60. The van der Waals surface area contributed by atoms with Gasteiger partial charge in [0.1, 0.15) is 5.75 Å². The summed E-state index contributed by atoms with van der Waals surface area (Å²) >= 11 is 9.36. The summed E-state index contributed by atoms with van der Waals surface area (Å²) < 4.78 is 6.26. The molecule has 2 aromatic carbocycles. The maximum absolute atomic E-state index is 12.4. The number of carbonyl (C=O) groups is 2. The summed E-state index contributed by atoms with van der Waals surface area (Å²) in [5.74, 6) is 0.0124. The van der Waals surface area contributed by atoms with E-state index in [0.717, 1.165) is 4.47 Å². The van der Waals surface area contributed by atoms with Crippen LogP contribution in [-0.2, 0) is 4.79 Å². The largest absolute Gasteiger partial charge is 0.482 e. The number of anilines is 1. The summed E-state index contributed by atoms with van der Waals surface area (Å²) in [6.07, 6.45) is 0. The molecular weight excluding hydrogens is 420 g/mol. The fourth-order valence-electron chi connectivity index (χ4n) is 2.35. The van der Waals surface area contributed by atoms with Crippen molar-refractivity contribution < 1.29 is 14.3 Å². The van der Waals surface area contributed by atoms with Crippen LogP contribution in [0.25, 0.3) is 0 Å². The van der Waals surface area contributed by atoms with Gasteiger partial charge in [-0.25, -0.2) is 0 Å². The van der Waals surface area contributed by atoms with Crippen LogP contribution in [0.2, 0.25) is 5.02 Å². The van der Waals surface area contributed by atoms with Gasteiger partial charge in [-0.2, -0.15) is 0 Å². The van der Waals surface area contributed by atoms with Gasteiger partial charge < -0.3 is 15.0 Å². The molecule has 5 nitrogen and oxygen atoms in total. The lowest BCUT2D eigenvalue weighted by Gasteiger charge is -2.19. The van der Waals surface area contributed by atoms with Crippen LogP contribution in [-0.4, -0.2) is 36.4 Å². The summed E-state index contributed by atoms with van der Waals surface area (Å²) in [6, 6.07) is 12.0. The van der Waals surface area contributed by atoms with E-state index in [1.165, 1.54) is 0 Å². The molecule has 0 aromatic heterocycles. The fourth-order valence-corrected chi connectivity index (χ4v) is 2.86. The van der Waals surface area contributed by atoms with E-state index in [0.29, 0.717) is 35.1 Å². The molecule has 0 aliphatic carbocycles. The van der Waals surface area contributed by atoms with Crippen LogP contribution in [0.5, 0.6) is 5.75 Å². The minimum atomic E-state index is -0.339. The molecular formula is C19H20BrClN2O3. The van der Waals surface area contributed by atoms with Gasteiger partial charge in [0.2, 0.25) is 0 Å². The number of amides is 2. The Morgan fingerprint density at radius 2 is 1.88 bits per heavy atom. The van der Waals surface area contributed by atoms with Gasteiger partial charge in [-0.15, -0.1) is 0 Å². The average Bonchev–Trinajstić information content (AvgIpc) is 2.63. The number of hydrogen-bond donors (Lipinski definition) is 1.